The topological polar surface area (TPSA) is 62.4 Å². The normalized spacial score (nSPS) is 15.9. The Kier molecular flexibility index (Phi) is 4.75. The van der Waals surface area contributed by atoms with Crippen molar-refractivity contribution in [2.24, 2.45) is 0 Å². The SMILES string of the molecule is CCc1ccc(/C=C2/C(=O)N(c3ccccc3F)C(C)=C2C(=O)OC)[nH]1. The second-order valence-corrected chi connectivity index (χ2v) is 5.89. The number of carbonyl (C=O) groups is 2. The van der Waals surface area contributed by atoms with E-state index < -0.39 is 17.7 Å². The number of benzene rings is 1. The summed E-state index contributed by atoms with van der Waals surface area (Å²) in [6, 6.07) is 9.69. The van der Waals surface area contributed by atoms with Crippen molar-refractivity contribution in [2.75, 3.05) is 12.0 Å². The van der Waals surface area contributed by atoms with E-state index in [9.17, 15) is 14.0 Å². The maximum atomic E-state index is 14.2. The number of aromatic amines is 1. The number of nitrogens with zero attached hydrogens (tertiary/aromatic N) is 1. The summed E-state index contributed by atoms with van der Waals surface area (Å²) in [7, 11) is 1.25. The molecule has 6 heteroatoms. The molecule has 0 fully saturated rings. The number of H-pyrrole nitrogens is 1. The van der Waals surface area contributed by atoms with Gasteiger partial charge in [0, 0.05) is 17.1 Å². The van der Waals surface area contributed by atoms with E-state index in [1.54, 1.807) is 25.1 Å². The van der Waals surface area contributed by atoms with Gasteiger partial charge in [-0.3, -0.25) is 9.69 Å². The van der Waals surface area contributed by atoms with Gasteiger partial charge in [-0.15, -0.1) is 0 Å². The minimum Gasteiger partial charge on any atom is -0.465 e. The number of hydrogen-bond donors (Lipinski definition) is 1. The Balaban J connectivity index is 2.14. The van der Waals surface area contributed by atoms with Gasteiger partial charge in [0.25, 0.3) is 5.91 Å². The molecular formula is C20H19FN2O3. The quantitative estimate of drug-likeness (QED) is 0.674. The molecular weight excluding hydrogens is 335 g/mol. The molecule has 5 nitrogen and oxygen atoms in total. The third-order valence-electron chi connectivity index (χ3n) is 4.33. The van der Waals surface area contributed by atoms with Crippen LogP contribution in [0.4, 0.5) is 10.1 Å². The molecule has 1 aliphatic heterocycles. The molecule has 1 aromatic heterocycles. The number of nitrogens with one attached hydrogen (secondary N) is 1. The number of hydrogen-bond acceptors (Lipinski definition) is 3. The molecule has 0 atom stereocenters. The van der Waals surface area contributed by atoms with Crippen LogP contribution in [0.15, 0.2) is 53.2 Å². The highest BCUT2D eigenvalue weighted by atomic mass is 19.1. The second kappa shape index (κ2) is 7.00. The van der Waals surface area contributed by atoms with Crippen LogP contribution in [0.5, 0.6) is 0 Å². The fourth-order valence-corrected chi connectivity index (χ4v) is 3.01. The molecule has 0 unspecified atom stereocenters. The zero-order valence-corrected chi connectivity index (χ0v) is 14.8. The van der Waals surface area contributed by atoms with Crippen LogP contribution in [0.1, 0.15) is 25.2 Å². The Morgan fingerprint density at radius 2 is 2.00 bits per heavy atom. The third kappa shape index (κ3) is 2.94. The Hall–Kier alpha value is -3.15. The molecule has 0 aliphatic carbocycles. The minimum atomic E-state index is -0.636. The van der Waals surface area contributed by atoms with Crippen molar-refractivity contribution in [3.63, 3.8) is 0 Å². The van der Waals surface area contributed by atoms with E-state index in [1.165, 1.54) is 24.1 Å². The highest BCUT2D eigenvalue weighted by Crippen LogP contribution is 2.36. The van der Waals surface area contributed by atoms with Crippen molar-refractivity contribution >= 4 is 23.6 Å². The number of rotatable bonds is 4. The number of carbonyl (C=O) groups excluding carboxylic acids is 2. The summed E-state index contributed by atoms with van der Waals surface area (Å²) < 4.78 is 19.1. The number of aromatic nitrogens is 1. The highest BCUT2D eigenvalue weighted by molar-refractivity contribution is 6.23. The molecule has 1 aliphatic rings. The van der Waals surface area contributed by atoms with E-state index in [4.69, 9.17) is 4.74 Å². The minimum absolute atomic E-state index is 0.0977. The lowest BCUT2D eigenvalue weighted by molar-refractivity contribution is -0.136. The van der Waals surface area contributed by atoms with Gasteiger partial charge >= 0.3 is 5.97 Å². The first-order valence-corrected chi connectivity index (χ1v) is 8.26. The monoisotopic (exact) mass is 354 g/mol. The summed E-state index contributed by atoms with van der Waals surface area (Å²) in [6.45, 7) is 3.61. The largest absolute Gasteiger partial charge is 0.465 e. The van der Waals surface area contributed by atoms with Gasteiger partial charge in [-0.2, -0.15) is 0 Å². The maximum Gasteiger partial charge on any atom is 0.340 e. The first-order valence-electron chi connectivity index (χ1n) is 8.26. The molecule has 0 spiro atoms. The average Bonchev–Trinajstić information content (AvgIpc) is 3.18. The number of amides is 1. The van der Waals surface area contributed by atoms with Crippen LogP contribution in [0.2, 0.25) is 0 Å². The third-order valence-corrected chi connectivity index (χ3v) is 4.33. The van der Waals surface area contributed by atoms with Gasteiger partial charge in [-0.25, -0.2) is 9.18 Å². The fourth-order valence-electron chi connectivity index (χ4n) is 3.01. The number of aryl methyl sites for hydroxylation is 1. The van der Waals surface area contributed by atoms with Crippen molar-refractivity contribution in [3.8, 4) is 0 Å². The summed E-state index contributed by atoms with van der Waals surface area (Å²) in [5, 5.41) is 0. The highest BCUT2D eigenvalue weighted by Gasteiger charge is 2.38. The summed E-state index contributed by atoms with van der Waals surface area (Å²) >= 11 is 0. The van der Waals surface area contributed by atoms with Crippen LogP contribution >= 0.6 is 0 Å². The molecule has 0 saturated carbocycles. The van der Waals surface area contributed by atoms with E-state index in [-0.39, 0.29) is 16.8 Å². The van der Waals surface area contributed by atoms with E-state index in [2.05, 4.69) is 4.98 Å². The van der Waals surface area contributed by atoms with Gasteiger partial charge in [0.2, 0.25) is 0 Å². The number of esters is 1. The number of anilines is 1. The molecule has 2 aromatic rings. The smallest absolute Gasteiger partial charge is 0.340 e. The lowest BCUT2D eigenvalue weighted by Crippen LogP contribution is -2.25. The summed E-state index contributed by atoms with van der Waals surface area (Å²) in [6.07, 6.45) is 2.41. The summed E-state index contributed by atoms with van der Waals surface area (Å²) in [4.78, 5) is 29.7. The molecule has 1 amide bonds. The zero-order chi connectivity index (χ0) is 18.8. The standard InChI is InChI=1S/C20H19FN2O3/c1-4-13-9-10-14(22-13)11-15-18(20(25)26-3)12(2)23(19(15)24)17-8-6-5-7-16(17)21/h5-11,22H,4H2,1-3H3/b15-11+. The number of ether oxygens (including phenoxy) is 1. The second-order valence-electron chi connectivity index (χ2n) is 5.89. The van der Waals surface area contributed by atoms with Gasteiger partial charge < -0.3 is 9.72 Å². The molecule has 26 heavy (non-hydrogen) atoms. The van der Waals surface area contributed by atoms with Crippen LogP contribution in [0, 0.1) is 5.82 Å². The van der Waals surface area contributed by atoms with Crippen molar-refractivity contribution in [2.45, 2.75) is 20.3 Å². The van der Waals surface area contributed by atoms with Crippen LogP contribution in [-0.2, 0) is 20.7 Å². The number of para-hydroxylation sites is 1. The zero-order valence-electron chi connectivity index (χ0n) is 14.8. The van der Waals surface area contributed by atoms with E-state index in [0.29, 0.717) is 11.4 Å². The summed E-state index contributed by atoms with van der Waals surface area (Å²) in [5.74, 6) is -1.65. The molecule has 0 saturated heterocycles. The lowest BCUT2D eigenvalue weighted by atomic mass is 10.1. The van der Waals surface area contributed by atoms with Gasteiger partial charge in [-0.1, -0.05) is 19.1 Å². The molecule has 3 rings (SSSR count). The van der Waals surface area contributed by atoms with E-state index in [0.717, 1.165) is 12.1 Å². The summed E-state index contributed by atoms with van der Waals surface area (Å²) in [5.41, 5.74) is 2.43. The average molecular weight is 354 g/mol. The van der Waals surface area contributed by atoms with Crippen LogP contribution in [0.25, 0.3) is 6.08 Å². The molecule has 2 heterocycles. The predicted molar refractivity (Wildman–Crippen MR) is 96.7 cm³/mol. The fraction of sp³-hybridized carbons (Fsp3) is 0.200. The molecule has 1 aromatic carbocycles. The first kappa shape index (κ1) is 17.7. The van der Waals surface area contributed by atoms with Gasteiger partial charge in [0.1, 0.15) is 5.82 Å². The molecule has 134 valence electrons. The Morgan fingerprint density at radius 3 is 2.62 bits per heavy atom. The van der Waals surface area contributed by atoms with Gasteiger partial charge in [0.15, 0.2) is 0 Å². The van der Waals surface area contributed by atoms with Crippen LogP contribution in [0.3, 0.4) is 0 Å². The maximum absolute atomic E-state index is 14.2. The van der Waals surface area contributed by atoms with Crippen molar-refractivity contribution in [1.29, 1.82) is 0 Å². The Labute approximate surface area is 150 Å². The molecule has 0 radical (unpaired) electrons. The van der Waals surface area contributed by atoms with E-state index in [1.807, 2.05) is 19.1 Å². The van der Waals surface area contributed by atoms with E-state index >= 15 is 0 Å². The lowest BCUT2D eigenvalue weighted by Gasteiger charge is -2.18. The molecule has 0 bridgehead atoms. The first-order chi connectivity index (χ1) is 12.5. The Bertz CT molecular complexity index is 940. The van der Waals surface area contributed by atoms with Gasteiger partial charge in [0.05, 0.1) is 23.9 Å². The molecule has 1 N–H and O–H groups in total. The van der Waals surface area contributed by atoms with Crippen molar-refractivity contribution < 1.29 is 18.7 Å². The van der Waals surface area contributed by atoms with Gasteiger partial charge in [-0.05, 0) is 43.7 Å². The van der Waals surface area contributed by atoms with Crippen LogP contribution < -0.4 is 4.90 Å². The number of allylic oxidation sites excluding steroid dienone is 1. The van der Waals surface area contributed by atoms with Crippen LogP contribution in [-0.4, -0.2) is 24.0 Å². The predicted octanol–water partition coefficient (Wildman–Crippen LogP) is 3.59. The number of halogens is 1. The van der Waals surface area contributed by atoms with Crippen molar-refractivity contribution in [3.05, 3.63) is 70.4 Å². The Morgan fingerprint density at radius 1 is 1.27 bits per heavy atom. The van der Waals surface area contributed by atoms with Crippen molar-refractivity contribution in [1.82, 2.24) is 4.98 Å². The number of methoxy groups -OCH3 is 1.